The van der Waals surface area contributed by atoms with Gasteiger partial charge in [0.1, 0.15) is 5.82 Å². The molecule has 0 bridgehead atoms. The number of anilines is 2. The number of aliphatic hydroxyl groups is 1. The molecule has 1 unspecified atom stereocenters. The molecule has 0 fully saturated rings. The van der Waals surface area contributed by atoms with Gasteiger partial charge in [-0.3, -0.25) is 0 Å². The third kappa shape index (κ3) is 2.24. The molecule has 1 heterocycles. The van der Waals surface area contributed by atoms with E-state index in [4.69, 9.17) is 5.73 Å². The maximum Gasteiger partial charge on any atom is 0.134 e. The van der Waals surface area contributed by atoms with Gasteiger partial charge in [-0.2, -0.15) is 0 Å². The molecule has 2 rings (SSSR count). The van der Waals surface area contributed by atoms with Crippen molar-refractivity contribution in [2.75, 3.05) is 17.7 Å². The minimum atomic E-state index is 0.0184. The van der Waals surface area contributed by atoms with Crippen LogP contribution in [0.25, 0.3) is 10.8 Å². The summed E-state index contributed by atoms with van der Waals surface area (Å²) in [5.41, 5.74) is 7.83. The monoisotopic (exact) mass is 245 g/mol. The molecule has 96 valence electrons. The Balaban J connectivity index is 2.52. The molecule has 0 amide bonds. The van der Waals surface area contributed by atoms with Crippen molar-refractivity contribution in [2.24, 2.45) is 0 Å². The fraction of sp³-hybridized carbons (Fsp3) is 0.357. The topological polar surface area (TPSA) is 71.2 Å². The van der Waals surface area contributed by atoms with Crippen LogP contribution in [0.4, 0.5) is 11.5 Å². The number of nitrogens with one attached hydrogen (secondary N) is 1. The minimum Gasteiger partial charge on any atom is -0.398 e. The summed E-state index contributed by atoms with van der Waals surface area (Å²) in [5, 5.41) is 14.5. The number of nitrogens with two attached hydrogens (primary N) is 1. The van der Waals surface area contributed by atoms with Gasteiger partial charge in [-0.05, 0) is 25.0 Å². The van der Waals surface area contributed by atoms with Gasteiger partial charge < -0.3 is 16.2 Å². The van der Waals surface area contributed by atoms with Gasteiger partial charge in [0.05, 0.1) is 12.6 Å². The van der Waals surface area contributed by atoms with E-state index in [1.54, 1.807) is 0 Å². The molecule has 0 saturated carbocycles. The first-order valence-corrected chi connectivity index (χ1v) is 6.18. The average molecular weight is 245 g/mol. The summed E-state index contributed by atoms with van der Waals surface area (Å²) >= 11 is 0. The summed E-state index contributed by atoms with van der Waals surface area (Å²) in [6.07, 6.45) is 2.65. The van der Waals surface area contributed by atoms with Gasteiger partial charge in [0.25, 0.3) is 0 Å². The van der Waals surface area contributed by atoms with Crippen LogP contribution >= 0.6 is 0 Å². The van der Waals surface area contributed by atoms with Gasteiger partial charge in [0.15, 0.2) is 0 Å². The van der Waals surface area contributed by atoms with Gasteiger partial charge in [-0.15, -0.1) is 0 Å². The van der Waals surface area contributed by atoms with E-state index < -0.39 is 0 Å². The zero-order valence-electron chi connectivity index (χ0n) is 10.8. The quantitative estimate of drug-likeness (QED) is 0.723. The number of hydrogen-bond acceptors (Lipinski definition) is 4. The lowest BCUT2D eigenvalue weighted by atomic mass is 10.1. The van der Waals surface area contributed by atoms with Crippen LogP contribution in [-0.4, -0.2) is 22.7 Å². The smallest absolute Gasteiger partial charge is 0.134 e. The number of aromatic nitrogens is 1. The molecule has 1 aromatic carbocycles. The molecule has 4 N–H and O–H groups in total. The third-order valence-electron chi connectivity index (χ3n) is 3.19. The number of aryl methyl sites for hydroxylation is 1. The van der Waals surface area contributed by atoms with Crippen LogP contribution in [0, 0.1) is 6.92 Å². The number of pyridine rings is 1. The van der Waals surface area contributed by atoms with Crippen LogP contribution in [-0.2, 0) is 0 Å². The maximum absolute atomic E-state index is 9.25. The van der Waals surface area contributed by atoms with E-state index in [2.05, 4.69) is 10.3 Å². The summed E-state index contributed by atoms with van der Waals surface area (Å²) in [6, 6.07) is 5.83. The van der Waals surface area contributed by atoms with Crippen molar-refractivity contribution in [3.05, 3.63) is 30.0 Å². The summed E-state index contributed by atoms with van der Waals surface area (Å²) in [5.74, 6) is 0.781. The lowest BCUT2D eigenvalue weighted by Gasteiger charge is -2.17. The Labute approximate surface area is 107 Å². The average Bonchev–Trinajstić information content (AvgIpc) is 2.38. The van der Waals surface area contributed by atoms with Gasteiger partial charge in [0, 0.05) is 22.7 Å². The fourth-order valence-corrected chi connectivity index (χ4v) is 2.09. The SMILES string of the molecule is CCC(CO)Nc1ncc(C)c2c(N)cccc12. The Morgan fingerprint density at radius 1 is 1.44 bits per heavy atom. The molecule has 2 aromatic rings. The molecule has 0 aliphatic rings. The highest BCUT2D eigenvalue weighted by atomic mass is 16.3. The van der Waals surface area contributed by atoms with E-state index in [0.717, 1.165) is 34.3 Å². The highest BCUT2D eigenvalue weighted by molar-refractivity contribution is 6.01. The van der Waals surface area contributed by atoms with Crippen LogP contribution in [0.3, 0.4) is 0 Å². The molecule has 0 aliphatic heterocycles. The Hall–Kier alpha value is -1.81. The van der Waals surface area contributed by atoms with Crippen LogP contribution in [0.15, 0.2) is 24.4 Å². The normalized spacial score (nSPS) is 12.6. The fourth-order valence-electron chi connectivity index (χ4n) is 2.09. The van der Waals surface area contributed by atoms with E-state index in [-0.39, 0.29) is 12.6 Å². The Morgan fingerprint density at radius 3 is 2.89 bits per heavy atom. The zero-order chi connectivity index (χ0) is 13.1. The van der Waals surface area contributed by atoms with Crippen molar-refractivity contribution in [3.63, 3.8) is 0 Å². The van der Waals surface area contributed by atoms with Gasteiger partial charge in [0.2, 0.25) is 0 Å². The first kappa shape index (κ1) is 12.6. The number of rotatable bonds is 4. The molecule has 18 heavy (non-hydrogen) atoms. The summed E-state index contributed by atoms with van der Waals surface area (Å²) in [4.78, 5) is 4.41. The second-order valence-corrected chi connectivity index (χ2v) is 4.49. The number of hydrogen-bond donors (Lipinski definition) is 3. The van der Waals surface area contributed by atoms with E-state index in [0.29, 0.717) is 0 Å². The standard InChI is InChI=1S/C14H19N3O/c1-3-10(8-18)17-14-11-5-4-6-12(15)13(11)9(2)7-16-14/h4-7,10,18H,3,8,15H2,1-2H3,(H,16,17). The zero-order valence-corrected chi connectivity index (χ0v) is 10.8. The second-order valence-electron chi connectivity index (χ2n) is 4.49. The van der Waals surface area contributed by atoms with Crippen LogP contribution < -0.4 is 11.1 Å². The van der Waals surface area contributed by atoms with Gasteiger partial charge in [-0.1, -0.05) is 19.1 Å². The molecule has 0 radical (unpaired) electrons. The van der Waals surface area contributed by atoms with Crippen molar-refractivity contribution in [2.45, 2.75) is 26.3 Å². The number of nitrogens with zero attached hydrogens (tertiary/aromatic N) is 1. The number of aliphatic hydroxyl groups excluding tert-OH is 1. The molecular formula is C14H19N3O. The van der Waals surface area contributed by atoms with Crippen molar-refractivity contribution in [1.29, 1.82) is 0 Å². The molecule has 0 saturated heterocycles. The van der Waals surface area contributed by atoms with E-state index in [9.17, 15) is 5.11 Å². The van der Waals surface area contributed by atoms with E-state index in [1.165, 1.54) is 0 Å². The number of benzene rings is 1. The molecule has 0 spiro atoms. The first-order chi connectivity index (χ1) is 8.67. The van der Waals surface area contributed by atoms with Crippen LogP contribution in [0.1, 0.15) is 18.9 Å². The van der Waals surface area contributed by atoms with E-state index >= 15 is 0 Å². The Morgan fingerprint density at radius 2 is 2.22 bits per heavy atom. The minimum absolute atomic E-state index is 0.0184. The van der Waals surface area contributed by atoms with Crippen LogP contribution in [0.2, 0.25) is 0 Å². The third-order valence-corrected chi connectivity index (χ3v) is 3.19. The molecule has 0 aliphatic carbocycles. The summed E-state index contributed by atoms with van der Waals surface area (Å²) < 4.78 is 0. The molecule has 4 heteroatoms. The van der Waals surface area contributed by atoms with Crippen molar-refractivity contribution < 1.29 is 5.11 Å². The second kappa shape index (κ2) is 5.23. The van der Waals surface area contributed by atoms with Crippen LogP contribution in [0.5, 0.6) is 0 Å². The predicted molar refractivity (Wildman–Crippen MR) is 75.7 cm³/mol. The Bertz CT molecular complexity index is 542. The summed E-state index contributed by atoms with van der Waals surface area (Å²) in [6.45, 7) is 4.12. The maximum atomic E-state index is 9.25. The molecule has 1 atom stereocenters. The van der Waals surface area contributed by atoms with Gasteiger partial charge >= 0.3 is 0 Å². The number of nitrogen functional groups attached to an aromatic ring is 1. The molecular weight excluding hydrogens is 226 g/mol. The van der Waals surface area contributed by atoms with Crippen molar-refractivity contribution in [1.82, 2.24) is 4.98 Å². The molecule has 1 aromatic heterocycles. The molecule has 4 nitrogen and oxygen atoms in total. The highest BCUT2D eigenvalue weighted by Crippen LogP contribution is 2.29. The lowest BCUT2D eigenvalue weighted by molar-refractivity contribution is 0.271. The predicted octanol–water partition coefficient (Wildman–Crippen LogP) is 2.31. The van der Waals surface area contributed by atoms with E-state index in [1.807, 2.05) is 38.2 Å². The van der Waals surface area contributed by atoms with Crippen molar-refractivity contribution in [3.8, 4) is 0 Å². The largest absolute Gasteiger partial charge is 0.398 e. The highest BCUT2D eigenvalue weighted by Gasteiger charge is 2.10. The van der Waals surface area contributed by atoms with Crippen molar-refractivity contribution >= 4 is 22.3 Å². The Kier molecular flexibility index (Phi) is 3.67. The lowest BCUT2D eigenvalue weighted by Crippen LogP contribution is -2.23. The first-order valence-electron chi connectivity index (χ1n) is 6.18. The van der Waals surface area contributed by atoms with Gasteiger partial charge in [-0.25, -0.2) is 4.98 Å². The number of fused-ring (bicyclic) bond motifs is 1. The summed E-state index contributed by atoms with van der Waals surface area (Å²) in [7, 11) is 0.